The molecule has 1 aromatic heterocycles. The summed E-state index contributed by atoms with van der Waals surface area (Å²) in [7, 11) is 0. The molecule has 32 heavy (non-hydrogen) atoms. The second-order valence-corrected chi connectivity index (χ2v) is 11.3. The van der Waals surface area contributed by atoms with Gasteiger partial charge in [0.2, 0.25) is 0 Å². The van der Waals surface area contributed by atoms with E-state index in [0.29, 0.717) is 18.2 Å². The van der Waals surface area contributed by atoms with Crippen molar-refractivity contribution in [1.82, 2.24) is 15.1 Å². The summed E-state index contributed by atoms with van der Waals surface area (Å²) in [4.78, 5) is 25.3. The van der Waals surface area contributed by atoms with E-state index in [1.165, 1.54) is 37.5 Å². The fraction of sp³-hybridized carbons (Fsp3) is 0.731. The second kappa shape index (κ2) is 7.74. The van der Waals surface area contributed by atoms with Gasteiger partial charge in [0.1, 0.15) is 6.10 Å². The zero-order valence-electron chi connectivity index (χ0n) is 20.0. The largest absolute Gasteiger partial charge is 0.462 e. The standard InChI is InChI=1S/C26H37N3O3/c1-16(30)32-19-10-11-21-20(14-19)22(28-29(21)18-8-6-5-7-9-18)23(31)27-24-25(2,3)17-12-13-26(24,4)15-17/h15,18-19,24H,5-14H2,1-4H3,(H,27,31)/t19?,24?,26-/m0/s1. The lowest BCUT2D eigenvalue weighted by atomic mass is 9.67. The lowest BCUT2D eigenvalue weighted by Crippen LogP contribution is -2.53. The molecule has 174 valence electrons. The molecule has 1 fully saturated rings. The van der Waals surface area contributed by atoms with Crippen LogP contribution >= 0.6 is 0 Å². The normalized spacial score (nSPS) is 31.2. The number of nitrogens with one attached hydrogen (secondary N) is 1. The first-order chi connectivity index (χ1) is 15.2. The number of aromatic nitrogens is 2. The summed E-state index contributed by atoms with van der Waals surface area (Å²) < 4.78 is 7.71. The van der Waals surface area contributed by atoms with Gasteiger partial charge in [-0.1, -0.05) is 51.7 Å². The van der Waals surface area contributed by atoms with Crippen LogP contribution in [-0.4, -0.2) is 33.8 Å². The van der Waals surface area contributed by atoms with Crippen molar-refractivity contribution < 1.29 is 14.3 Å². The van der Waals surface area contributed by atoms with Gasteiger partial charge in [-0.25, -0.2) is 0 Å². The van der Waals surface area contributed by atoms with Crippen molar-refractivity contribution in [2.45, 2.75) is 110 Å². The predicted molar refractivity (Wildman–Crippen MR) is 122 cm³/mol. The van der Waals surface area contributed by atoms with Crippen molar-refractivity contribution in [3.63, 3.8) is 0 Å². The Bertz CT molecular complexity index is 964. The van der Waals surface area contributed by atoms with Gasteiger partial charge in [0.05, 0.1) is 6.04 Å². The molecule has 0 saturated heterocycles. The smallest absolute Gasteiger partial charge is 0.302 e. The molecule has 1 heterocycles. The van der Waals surface area contributed by atoms with E-state index in [1.807, 2.05) is 0 Å². The minimum absolute atomic E-state index is 0.0146. The van der Waals surface area contributed by atoms with Crippen molar-refractivity contribution in [2.24, 2.45) is 10.8 Å². The number of hydrogen-bond donors (Lipinski definition) is 1. The molecule has 0 aliphatic heterocycles. The number of ether oxygens (including phenoxy) is 1. The Morgan fingerprint density at radius 2 is 1.88 bits per heavy atom. The third-order valence-electron chi connectivity index (χ3n) is 8.64. The predicted octanol–water partition coefficient (Wildman–Crippen LogP) is 4.67. The van der Waals surface area contributed by atoms with Gasteiger partial charge in [0.25, 0.3) is 5.91 Å². The zero-order valence-corrected chi connectivity index (χ0v) is 20.0. The van der Waals surface area contributed by atoms with E-state index in [1.54, 1.807) is 0 Å². The number of nitrogens with zero attached hydrogens (tertiary/aromatic N) is 2. The first-order valence-electron chi connectivity index (χ1n) is 12.5. The van der Waals surface area contributed by atoms with E-state index in [-0.39, 0.29) is 34.9 Å². The highest BCUT2D eigenvalue weighted by Gasteiger charge is 2.54. The number of carbonyl (C=O) groups is 2. The van der Waals surface area contributed by atoms with Gasteiger partial charge in [0.15, 0.2) is 5.69 Å². The van der Waals surface area contributed by atoms with E-state index < -0.39 is 0 Å². The Labute approximate surface area is 191 Å². The molecule has 3 atom stereocenters. The third kappa shape index (κ3) is 3.50. The molecule has 2 bridgehead atoms. The molecule has 4 aliphatic carbocycles. The second-order valence-electron chi connectivity index (χ2n) is 11.3. The third-order valence-corrected chi connectivity index (χ3v) is 8.64. The Kier molecular flexibility index (Phi) is 5.25. The van der Waals surface area contributed by atoms with Gasteiger partial charge < -0.3 is 10.1 Å². The van der Waals surface area contributed by atoms with E-state index in [9.17, 15) is 9.59 Å². The molecule has 1 N–H and O–H groups in total. The highest BCUT2D eigenvalue weighted by Crippen LogP contribution is 2.57. The van der Waals surface area contributed by atoms with Crippen molar-refractivity contribution in [3.05, 3.63) is 28.6 Å². The molecule has 4 aliphatic rings. The fourth-order valence-corrected chi connectivity index (χ4v) is 6.99. The lowest BCUT2D eigenvalue weighted by Gasteiger charge is -2.43. The van der Waals surface area contributed by atoms with Gasteiger partial charge in [0, 0.05) is 41.5 Å². The van der Waals surface area contributed by atoms with Crippen molar-refractivity contribution in [1.29, 1.82) is 0 Å². The van der Waals surface area contributed by atoms with Crippen molar-refractivity contribution in [3.8, 4) is 0 Å². The summed E-state index contributed by atoms with van der Waals surface area (Å²) >= 11 is 0. The Morgan fingerprint density at radius 1 is 1.12 bits per heavy atom. The van der Waals surface area contributed by atoms with Crippen LogP contribution in [0.2, 0.25) is 0 Å². The Morgan fingerprint density at radius 3 is 2.53 bits per heavy atom. The maximum Gasteiger partial charge on any atom is 0.302 e. The number of fused-ring (bicyclic) bond motifs is 2. The van der Waals surface area contributed by atoms with Crippen LogP contribution in [0.4, 0.5) is 0 Å². The van der Waals surface area contributed by atoms with E-state index in [2.05, 4.69) is 36.8 Å². The summed E-state index contributed by atoms with van der Waals surface area (Å²) in [5.74, 6) is -0.325. The van der Waals surface area contributed by atoms with Crippen LogP contribution in [0, 0.1) is 10.8 Å². The van der Waals surface area contributed by atoms with Crippen LogP contribution in [-0.2, 0) is 22.4 Å². The molecule has 1 amide bonds. The van der Waals surface area contributed by atoms with Crippen molar-refractivity contribution in [2.75, 3.05) is 0 Å². The van der Waals surface area contributed by atoms with Gasteiger partial charge in [-0.05, 0) is 38.5 Å². The van der Waals surface area contributed by atoms with E-state index >= 15 is 0 Å². The van der Waals surface area contributed by atoms with Gasteiger partial charge in [-0.3, -0.25) is 14.3 Å². The fourth-order valence-electron chi connectivity index (χ4n) is 6.99. The maximum atomic E-state index is 13.7. The summed E-state index contributed by atoms with van der Waals surface area (Å²) in [6.45, 7) is 8.23. The molecule has 0 radical (unpaired) electrons. The van der Waals surface area contributed by atoms with Crippen LogP contribution in [0.15, 0.2) is 11.6 Å². The quantitative estimate of drug-likeness (QED) is 0.546. The monoisotopic (exact) mass is 439 g/mol. The summed E-state index contributed by atoms with van der Waals surface area (Å²) in [5, 5.41) is 8.36. The van der Waals surface area contributed by atoms with Gasteiger partial charge >= 0.3 is 5.97 Å². The molecule has 0 aromatic carbocycles. The number of esters is 1. The number of rotatable bonds is 4. The summed E-state index contributed by atoms with van der Waals surface area (Å²) in [6, 6.07) is 0.458. The number of amides is 1. The van der Waals surface area contributed by atoms with Crippen LogP contribution in [0.1, 0.15) is 107 Å². The average molecular weight is 440 g/mol. The minimum Gasteiger partial charge on any atom is -0.462 e. The van der Waals surface area contributed by atoms with Crippen LogP contribution in [0.3, 0.4) is 0 Å². The molecule has 5 rings (SSSR count). The molecular weight excluding hydrogens is 402 g/mol. The van der Waals surface area contributed by atoms with Gasteiger partial charge in [-0.15, -0.1) is 0 Å². The Hall–Kier alpha value is -2.11. The summed E-state index contributed by atoms with van der Waals surface area (Å²) in [5.41, 5.74) is 4.18. The van der Waals surface area contributed by atoms with Crippen LogP contribution in [0.5, 0.6) is 0 Å². The maximum absolute atomic E-state index is 13.7. The first kappa shape index (κ1) is 21.7. The number of carbonyl (C=O) groups excluding carboxylic acids is 2. The minimum atomic E-state index is -0.256. The highest BCUT2D eigenvalue weighted by molar-refractivity contribution is 5.94. The molecule has 1 saturated carbocycles. The molecule has 1 aromatic rings. The first-order valence-corrected chi connectivity index (χ1v) is 12.5. The topological polar surface area (TPSA) is 73.2 Å². The molecular formula is C26H37N3O3. The van der Waals surface area contributed by atoms with E-state index in [4.69, 9.17) is 9.84 Å². The van der Waals surface area contributed by atoms with Gasteiger partial charge in [-0.2, -0.15) is 5.10 Å². The zero-order chi connectivity index (χ0) is 22.7. The van der Waals surface area contributed by atoms with Crippen molar-refractivity contribution >= 4 is 11.9 Å². The molecule has 0 spiro atoms. The Balaban J connectivity index is 1.45. The highest BCUT2D eigenvalue weighted by atomic mass is 16.5. The van der Waals surface area contributed by atoms with Crippen LogP contribution in [0.25, 0.3) is 0 Å². The van der Waals surface area contributed by atoms with E-state index in [0.717, 1.165) is 44.1 Å². The SMILES string of the molecule is CC(=O)OC1CCc2c(c(C(=O)NC3C(C)(C)C4=C[C@]3(C)CC4)nn2C2CCCCC2)C1. The summed E-state index contributed by atoms with van der Waals surface area (Å²) in [6.07, 6.45) is 12.6. The average Bonchev–Trinajstić information content (AvgIpc) is 3.38. The lowest BCUT2D eigenvalue weighted by molar-refractivity contribution is -0.146. The molecule has 6 heteroatoms. The molecule has 6 nitrogen and oxygen atoms in total. The van der Waals surface area contributed by atoms with Crippen LogP contribution < -0.4 is 5.32 Å². The number of hydrogen-bond acceptors (Lipinski definition) is 4. The molecule has 2 unspecified atom stereocenters.